The molecule has 0 radical (unpaired) electrons. The highest BCUT2D eigenvalue weighted by Gasteiger charge is 2.11. The highest BCUT2D eigenvalue weighted by atomic mass is 79.9. The third-order valence-electron chi connectivity index (χ3n) is 3.01. The average molecular weight is 408 g/mol. The van der Waals surface area contributed by atoms with Crippen molar-refractivity contribution in [2.75, 3.05) is 0 Å². The molecule has 0 N–H and O–H groups in total. The molecule has 0 aliphatic heterocycles. The Morgan fingerprint density at radius 3 is 2.33 bits per heavy atom. The summed E-state index contributed by atoms with van der Waals surface area (Å²) >= 11 is 6.49. The number of hydrogen-bond acceptors (Lipinski definition) is 3. The van der Waals surface area contributed by atoms with Gasteiger partial charge in [-0.1, -0.05) is 46.3 Å². The topological polar surface area (TPSA) is 47.3 Å². The van der Waals surface area contributed by atoms with E-state index in [-0.39, 0.29) is 21.8 Å². The van der Waals surface area contributed by atoms with E-state index >= 15 is 0 Å². The molecule has 1 aromatic heterocycles. The van der Waals surface area contributed by atoms with E-state index in [9.17, 15) is 9.59 Å². The molecule has 0 fully saturated rings. The summed E-state index contributed by atoms with van der Waals surface area (Å²) in [5.41, 5.74) is 0.179. The lowest BCUT2D eigenvalue weighted by Crippen LogP contribution is -2.06. The van der Waals surface area contributed by atoms with Gasteiger partial charge in [-0.15, -0.1) is 0 Å². The molecule has 2 aromatic carbocycles. The van der Waals surface area contributed by atoms with E-state index in [4.69, 9.17) is 4.42 Å². The molecule has 0 atom stereocenters. The fourth-order valence-corrected chi connectivity index (χ4v) is 3.22. The second kappa shape index (κ2) is 5.58. The number of fused-ring (bicyclic) bond motifs is 1. The summed E-state index contributed by atoms with van der Waals surface area (Å²) in [5.74, 6) is 0.374. The summed E-state index contributed by atoms with van der Waals surface area (Å²) in [6.07, 6.45) is 0. The zero-order valence-corrected chi connectivity index (χ0v) is 13.8. The summed E-state index contributed by atoms with van der Waals surface area (Å²) in [7, 11) is 0. The highest BCUT2D eigenvalue weighted by Crippen LogP contribution is 2.22. The highest BCUT2D eigenvalue weighted by molar-refractivity contribution is 9.11. The molecule has 0 aliphatic carbocycles. The zero-order valence-electron chi connectivity index (χ0n) is 10.6. The molecule has 0 saturated carbocycles. The lowest BCUT2D eigenvalue weighted by atomic mass is 10.1. The van der Waals surface area contributed by atoms with Gasteiger partial charge in [-0.05, 0) is 28.1 Å². The van der Waals surface area contributed by atoms with E-state index in [2.05, 4.69) is 31.9 Å². The monoisotopic (exact) mass is 406 g/mol. The van der Waals surface area contributed by atoms with Crippen LogP contribution in [0.2, 0.25) is 0 Å². The Bertz CT molecular complexity index is 947. The quantitative estimate of drug-likeness (QED) is 0.602. The first-order chi connectivity index (χ1) is 10.1. The van der Waals surface area contributed by atoms with E-state index in [0.29, 0.717) is 14.7 Å². The van der Waals surface area contributed by atoms with E-state index in [1.807, 2.05) is 30.3 Å². The summed E-state index contributed by atoms with van der Waals surface area (Å²) in [6.45, 7) is 0. The van der Waals surface area contributed by atoms with Gasteiger partial charge in [-0.3, -0.25) is 9.59 Å². The van der Waals surface area contributed by atoms with Crippen LogP contribution in [0.15, 0.2) is 71.5 Å². The lowest BCUT2D eigenvalue weighted by Gasteiger charge is -2.00. The molecule has 0 bridgehead atoms. The van der Waals surface area contributed by atoms with Gasteiger partial charge in [0.15, 0.2) is 11.0 Å². The van der Waals surface area contributed by atoms with Crippen molar-refractivity contribution in [2.24, 2.45) is 0 Å². The molecule has 1 heterocycles. The third-order valence-corrected chi connectivity index (χ3v) is 4.06. The fourth-order valence-electron chi connectivity index (χ4n) is 2.03. The first-order valence-corrected chi connectivity index (χ1v) is 7.67. The van der Waals surface area contributed by atoms with Crippen molar-refractivity contribution in [1.82, 2.24) is 0 Å². The van der Waals surface area contributed by atoms with E-state index < -0.39 is 0 Å². The first kappa shape index (κ1) is 14.2. The summed E-state index contributed by atoms with van der Waals surface area (Å²) in [6, 6.07) is 13.8. The van der Waals surface area contributed by atoms with Crippen molar-refractivity contribution < 1.29 is 4.42 Å². The van der Waals surface area contributed by atoms with Crippen molar-refractivity contribution in [3.8, 4) is 11.3 Å². The van der Waals surface area contributed by atoms with Crippen LogP contribution >= 0.6 is 31.9 Å². The maximum atomic E-state index is 12.3. The molecule has 0 spiro atoms. The van der Waals surface area contributed by atoms with Crippen LogP contribution in [-0.4, -0.2) is 0 Å². The molecule has 3 rings (SSSR count). The minimum atomic E-state index is -0.356. The molecule has 104 valence electrons. The van der Waals surface area contributed by atoms with Gasteiger partial charge in [-0.25, -0.2) is 0 Å². The number of rotatable bonds is 1. The Kier molecular flexibility index (Phi) is 3.78. The van der Waals surface area contributed by atoms with Crippen molar-refractivity contribution in [3.63, 3.8) is 0 Å². The third kappa shape index (κ3) is 2.71. The van der Waals surface area contributed by atoms with Crippen LogP contribution in [0, 0.1) is 0 Å². The molecule has 0 aliphatic rings. The second-order valence-electron chi connectivity index (χ2n) is 4.43. The van der Waals surface area contributed by atoms with Crippen LogP contribution in [-0.2, 0) is 0 Å². The van der Waals surface area contributed by atoms with Crippen LogP contribution in [0.1, 0.15) is 0 Å². The van der Waals surface area contributed by atoms with Gasteiger partial charge in [-0.2, -0.15) is 0 Å². The number of hydrogen-bond donors (Lipinski definition) is 0. The predicted octanol–water partition coefficient (Wildman–Crippen LogP) is 4.35. The maximum Gasteiger partial charge on any atom is 0.235 e. The van der Waals surface area contributed by atoms with Gasteiger partial charge in [0.2, 0.25) is 5.43 Å². The lowest BCUT2D eigenvalue weighted by molar-refractivity contribution is 0.616. The van der Waals surface area contributed by atoms with Gasteiger partial charge < -0.3 is 4.42 Å². The molecule has 3 aromatic rings. The summed E-state index contributed by atoms with van der Waals surface area (Å²) in [5, 5.41) is 0.247. The van der Waals surface area contributed by atoms with Crippen molar-refractivity contribution >= 4 is 42.8 Å². The molecule has 3 nitrogen and oxygen atoms in total. The van der Waals surface area contributed by atoms with Gasteiger partial charge in [0, 0.05) is 16.1 Å². The van der Waals surface area contributed by atoms with Crippen molar-refractivity contribution in [2.45, 2.75) is 0 Å². The first-order valence-electron chi connectivity index (χ1n) is 6.09. The maximum absolute atomic E-state index is 12.3. The SMILES string of the molecule is O=c1cc(-c2ccccc2)oc2c(=O)c(Br)cc(Br)cc12. The van der Waals surface area contributed by atoms with Crippen LogP contribution < -0.4 is 10.9 Å². The number of halogens is 2. The average Bonchev–Trinajstić information content (AvgIpc) is 2.58. The van der Waals surface area contributed by atoms with Gasteiger partial charge in [0.1, 0.15) is 5.76 Å². The Balaban J connectivity index is 2.46. The number of benzene rings is 1. The van der Waals surface area contributed by atoms with Gasteiger partial charge >= 0.3 is 0 Å². The largest absolute Gasteiger partial charge is 0.452 e. The second-order valence-corrected chi connectivity index (χ2v) is 6.20. The molecule has 0 saturated heterocycles. The van der Waals surface area contributed by atoms with Gasteiger partial charge in [0.05, 0.1) is 9.86 Å². The molecule has 0 amide bonds. The van der Waals surface area contributed by atoms with E-state index in [0.717, 1.165) is 5.56 Å². The molecular formula is C16H8Br2O3. The van der Waals surface area contributed by atoms with E-state index in [1.54, 1.807) is 12.1 Å². The molecule has 5 heteroatoms. The Morgan fingerprint density at radius 1 is 0.905 bits per heavy atom. The van der Waals surface area contributed by atoms with Crippen molar-refractivity contribution in [3.05, 3.63) is 77.9 Å². The minimum absolute atomic E-state index is 0.0407. The van der Waals surface area contributed by atoms with Gasteiger partial charge in [0.25, 0.3) is 0 Å². The van der Waals surface area contributed by atoms with Crippen LogP contribution in [0.25, 0.3) is 22.3 Å². The fraction of sp³-hybridized carbons (Fsp3) is 0. The Labute approximate surface area is 136 Å². The standard InChI is InChI=1S/C16H8Br2O3/c17-10-6-11-13(19)8-14(9-4-2-1-3-5-9)21-16(11)15(20)12(18)7-10/h1-8H. The van der Waals surface area contributed by atoms with Crippen LogP contribution in [0.5, 0.6) is 0 Å². The normalized spacial score (nSPS) is 10.8. The predicted molar refractivity (Wildman–Crippen MR) is 89.6 cm³/mol. The van der Waals surface area contributed by atoms with Crippen LogP contribution in [0.3, 0.4) is 0 Å². The van der Waals surface area contributed by atoms with E-state index in [1.165, 1.54) is 6.07 Å². The zero-order chi connectivity index (χ0) is 15.0. The summed E-state index contributed by atoms with van der Waals surface area (Å²) < 4.78 is 6.65. The van der Waals surface area contributed by atoms with Crippen LogP contribution in [0.4, 0.5) is 0 Å². The Hall–Kier alpha value is -1.72. The smallest absolute Gasteiger partial charge is 0.235 e. The Morgan fingerprint density at radius 2 is 1.62 bits per heavy atom. The minimum Gasteiger partial charge on any atom is -0.452 e. The summed E-state index contributed by atoms with van der Waals surface area (Å²) in [4.78, 5) is 24.6. The molecule has 0 unspecified atom stereocenters. The van der Waals surface area contributed by atoms with Crippen molar-refractivity contribution in [1.29, 1.82) is 0 Å². The molecule has 21 heavy (non-hydrogen) atoms. The molecular weight excluding hydrogens is 400 g/mol.